The van der Waals surface area contributed by atoms with Gasteiger partial charge in [0.2, 0.25) is 5.91 Å². The summed E-state index contributed by atoms with van der Waals surface area (Å²) in [5.41, 5.74) is 7.11. The molecule has 0 aliphatic rings. The maximum absolute atomic E-state index is 12.0. The van der Waals surface area contributed by atoms with Gasteiger partial charge in [0.15, 0.2) is 0 Å². The lowest BCUT2D eigenvalue weighted by molar-refractivity contribution is -0.123. The van der Waals surface area contributed by atoms with E-state index < -0.39 is 6.04 Å². The molecule has 2 atom stereocenters. The van der Waals surface area contributed by atoms with Gasteiger partial charge in [0.1, 0.15) is 5.76 Å². The maximum Gasteiger partial charge on any atom is 0.237 e. The lowest BCUT2D eigenvalue weighted by Crippen LogP contribution is -2.41. The molecule has 1 heterocycles. The molecular weight excluding hydrogens is 252 g/mol. The standard InChI is InChI=1S/C16H20N2O2/c1-12(15-8-5-11-20-15)18-16(19)14(17)10-9-13-6-3-2-4-7-13/h2-8,11-12,14H,9-10,17H2,1H3,(H,18,19)/t12-,14?/m0/s1. The Kier molecular flexibility index (Phi) is 4.96. The summed E-state index contributed by atoms with van der Waals surface area (Å²) in [6, 6.07) is 13.0. The molecule has 0 saturated carbocycles. The minimum absolute atomic E-state index is 0.148. The van der Waals surface area contributed by atoms with E-state index in [1.54, 1.807) is 12.3 Å². The van der Waals surface area contributed by atoms with Crippen molar-refractivity contribution >= 4 is 5.91 Å². The summed E-state index contributed by atoms with van der Waals surface area (Å²) in [6.07, 6.45) is 3.01. The molecule has 2 aromatic rings. The highest BCUT2D eigenvalue weighted by molar-refractivity contribution is 5.81. The highest BCUT2D eigenvalue weighted by atomic mass is 16.3. The van der Waals surface area contributed by atoms with E-state index >= 15 is 0 Å². The summed E-state index contributed by atoms with van der Waals surface area (Å²) in [4.78, 5) is 12.0. The average Bonchev–Trinajstić information content (AvgIpc) is 3.00. The highest BCUT2D eigenvalue weighted by Crippen LogP contribution is 2.12. The molecule has 1 unspecified atom stereocenters. The molecule has 3 N–H and O–H groups in total. The van der Waals surface area contributed by atoms with E-state index in [0.29, 0.717) is 6.42 Å². The number of carbonyl (C=O) groups is 1. The van der Waals surface area contributed by atoms with Crippen LogP contribution in [0.2, 0.25) is 0 Å². The summed E-state index contributed by atoms with van der Waals surface area (Å²) >= 11 is 0. The number of aryl methyl sites for hydroxylation is 1. The fourth-order valence-corrected chi connectivity index (χ4v) is 2.03. The van der Waals surface area contributed by atoms with Crippen LogP contribution in [0, 0.1) is 0 Å². The minimum atomic E-state index is -0.507. The number of nitrogens with two attached hydrogens (primary N) is 1. The van der Waals surface area contributed by atoms with E-state index in [4.69, 9.17) is 10.2 Å². The molecule has 20 heavy (non-hydrogen) atoms. The molecule has 1 aromatic carbocycles. The highest BCUT2D eigenvalue weighted by Gasteiger charge is 2.17. The molecule has 0 radical (unpaired) electrons. The Balaban J connectivity index is 1.80. The van der Waals surface area contributed by atoms with Crippen LogP contribution in [0.4, 0.5) is 0 Å². The second kappa shape index (κ2) is 6.91. The van der Waals surface area contributed by atoms with E-state index in [9.17, 15) is 4.79 Å². The Labute approximate surface area is 119 Å². The Hall–Kier alpha value is -2.07. The first-order valence-corrected chi connectivity index (χ1v) is 6.80. The van der Waals surface area contributed by atoms with Gasteiger partial charge in [0, 0.05) is 0 Å². The number of rotatable bonds is 6. The molecule has 4 nitrogen and oxygen atoms in total. The number of hydrogen-bond donors (Lipinski definition) is 2. The van der Waals surface area contributed by atoms with Gasteiger partial charge in [-0.15, -0.1) is 0 Å². The van der Waals surface area contributed by atoms with Gasteiger partial charge in [-0.05, 0) is 37.5 Å². The third-order valence-electron chi connectivity index (χ3n) is 3.25. The van der Waals surface area contributed by atoms with Gasteiger partial charge < -0.3 is 15.5 Å². The summed E-state index contributed by atoms with van der Waals surface area (Å²) < 4.78 is 5.25. The fourth-order valence-electron chi connectivity index (χ4n) is 2.03. The first-order valence-electron chi connectivity index (χ1n) is 6.80. The molecule has 0 bridgehead atoms. The second-order valence-corrected chi connectivity index (χ2v) is 4.88. The van der Waals surface area contributed by atoms with Crippen molar-refractivity contribution in [1.82, 2.24) is 5.32 Å². The first-order chi connectivity index (χ1) is 9.66. The van der Waals surface area contributed by atoms with Gasteiger partial charge in [0.05, 0.1) is 18.3 Å². The second-order valence-electron chi connectivity index (χ2n) is 4.88. The first kappa shape index (κ1) is 14.3. The van der Waals surface area contributed by atoms with E-state index in [1.807, 2.05) is 43.3 Å². The lowest BCUT2D eigenvalue weighted by atomic mass is 10.1. The number of amides is 1. The van der Waals surface area contributed by atoms with E-state index in [0.717, 1.165) is 12.2 Å². The molecule has 0 fully saturated rings. The fraction of sp³-hybridized carbons (Fsp3) is 0.312. The van der Waals surface area contributed by atoms with Crippen LogP contribution >= 0.6 is 0 Å². The van der Waals surface area contributed by atoms with Crippen molar-refractivity contribution in [3.8, 4) is 0 Å². The van der Waals surface area contributed by atoms with Crippen molar-refractivity contribution in [2.24, 2.45) is 5.73 Å². The molecule has 2 rings (SSSR count). The van der Waals surface area contributed by atoms with Crippen molar-refractivity contribution < 1.29 is 9.21 Å². The van der Waals surface area contributed by atoms with Crippen molar-refractivity contribution in [1.29, 1.82) is 0 Å². The van der Waals surface area contributed by atoms with Crippen LogP contribution in [-0.4, -0.2) is 11.9 Å². The van der Waals surface area contributed by atoms with Gasteiger partial charge in [-0.25, -0.2) is 0 Å². The molecule has 4 heteroatoms. The number of benzene rings is 1. The SMILES string of the molecule is C[C@H](NC(=O)C(N)CCc1ccccc1)c1ccco1. The van der Waals surface area contributed by atoms with Gasteiger partial charge >= 0.3 is 0 Å². The normalized spacial score (nSPS) is 13.7. The smallest absolute Gasteiger partial charge is 0.237 e. The number of hydrogen-bond acceptors (Lipinski definition) is 3. The lowest BCUT2D eigenvalue weighted by Gasteiger charge is -2.16. The molecular formula is C16H20N2O2. The van der Waals surface area contributed by atoms with Crippen LogP contribution in [0.1, 0.15) is 30.7 Å². The van der Waals surface area contributed by atoms with Gasteiger partial charge in [-0.1, -0.05) is 30.3 Å². The molecule has 1 amide bonds. The number of carbonyl (C=O) groups excluding carboxylic acids is 1. The largest absolute Gasteiger partial charge is 0.467 e. The molecule has 106 valence electrons. The molecule has 0 saturated heterocycles. The molecule has 1 aromatic heterocycles. The van der Waals surface area contributed by atoms with Gasteiger partial charge in [0.25, 0.3) is 0 Å². The number of nitrogens with one attached hydrogen (secondary N) is 1. The third-order valence-corrected chi connectivity index (χ3v) is 3.25. The van der Waals surface area contributed by atoms with Gasteiger partial charge in [-0.2, -0.15) is 0 Å². The van der Waals surface area contributed by atoms with Gasteiger partial charge in [-0.3, -0.25) is 4.79 Å². The van der Waals surface area contributed by atoms with Crippen molar-refractivity contribution in [3.63, 3.8) is 0 Å². The number of furan rings is 1. The Morgan fingerprint density at radius 3 is 2.65 bits per heavy atom. The van der Waals surface area contributed by atoms with E-state index in [2.05, 4.69) is 5.32 Å². The minimum Gasteiger partial charge on any atom is -0.467 e. The van der Waals surface area contributed by atoms with Crippen LogP contribution in [0.15, 0.2) is 53.1 Å². The van der Waals surface area contributed by atoms with Crippen LogP contribution < -0.4 is 11.1 Å². The molecule has 0 aliphatic heterocycles. The van der Waals surface area contributed by atoms with Crippen molar-refractivity contribution in [2.45, 2.75) is 31.8 Å². The topological polar surface area (TPSA) is 68.3 Å². The monoisotopic (exact) mass is 272 g/mol. The summed E-state index contributed by atoms with van der Waals surface area (Å²) in [5, 5.41) is 2.86. The van der Waals surface area contributed by atoms with Crippen LogP contribution in [0.3, 0.4) is 0 Å². The van der Waals surface area contributed by atoms with Crippen LogP contribution in [0.5, 0.6) is 0 Å². The third kappa shape index (κ3) is 3.96. The van der Waals surface area contributed by atoms with Crippen LogP contribution in [0.25, 0.3) is 0 Å². The Bertz CT molecular complexity index is 523. The Morgan fingerprint density at radius 2 is 2.00 bits per heavy atom. The zero-order chi connectivity index (χ0) is 14.4. The predicted octanol–water partition coefficient (Wildman–Crippen LogP) is 2.42. The predicted molar refractivity (Wildman–Crippen MR) is 78.0 cm³/mol. The molecule has 0 spiro atoms. The summed E-state index contributed by atoms with van der Waals surface area (Å²) in [6.45, 7) is 1.88. The summed E-state index contributed by atoms with van der Waals surface area (Å²) in [5.74, 6) is 0.582. The van der Waals surface area contributed by atoms with Crippen LogP contribution in [-0.2, 0) is 11.2 Å². The molecule has 0 aliphatic carbocycles. The average molecular weight is 272 g/mol. The zero-order valence-corrected chi connectivity index (χ0v) is 11.6. The van der Waals surface area contributed by atoms with E-state index in [-0.39, 0.29) is 11.9 Å². The zero-order valence-electron chi connectivity index (χ0n) is 11.6. The van der Waals surface area contributed by atoms with Crippen molar-refractivity contribution in [3.05, 3.63) is 60.1 Å². The van der Waals surface area contributed by atoms with Crippen molar-refractivity contribution in [2.75, 3.05) is 0 Å². The van der Waals surface area contributed by atoms with E-state index in [1.165, 1.54) is 5.56 Å². The quantitative estimate of drug-likeness (QED) is 0.848. The maximum atomic E-state index is 12.0. The Morgan fingerprint density at radius 1 is 1.25 bits per heavy atom. The summed E-state index contributed by atoms with van der Waals surface area (Å²) in [7, 11) is 0.